The van der Waals surface area contributed by atoms with E-state index in [4.69, 9.17) is 19.9 Å². The fraction of sp³-hybridized carbons (Fsp3) is 0. The van der Waals surface area contributed by atoms with Gasteiger partial charge in [0.1, 0.15) is 5.65 Å². The lowest BCUT2D eigenvalue weighted by Crippen LogP contribution is -2.07. The van der Waals surface area contributed by atoms with Gasteiger partial charge in [0.2, 0.25) is 5.95 Å². The van der Waals surface area contributed by atoms with Crippen molar-refractivity contribution in [3.8, 4) is 34.4 Å². The largest absolute Gasteiger partial charge is 0.307 e. The lowest BCUT2D eigenvalue weighted by Gasteiger charge is -2.13. The molecule has 0 amide bonds. The molecule has 11 aromatic rings. The molecule has 11 rings (SSSR count). The van der Waals surface area contributed by atoms with E-state index in [2.05, 4.69) is 94.1 Å². The van der Waals surface area contributed by atoms with Gasteiger partial charge in [-0.05, 0) is 36.4 Å². The van der Waals surface area contributed by atoms with Crippen LogP contribution in [0.3, 0.4) is 0 Å². The van der Waals surface area contributed by atoms with Gasteiger partial charge in [-0.15, -0.1) is 11.3 Å². The average molecular weight is 671 g/mol. The number of hydrogen-bond donors (Lipinski definition) is 0. The number of aromatic nitrogens is 6. The summed E-state index contributed by atoms with van der Waals surface area (Å²) < 4.78 is 7.06. The number of hydrogen-bond acceptors (Lipinski definition) is 5. The molecule has 0 radical (unpaired) electrons. The van der Waals surface area contributed by atoms with Crippen LogP contribution >= 0.6 is 11.3 Å². The molecule has 7 heteroatoms. The van der Waals surface area contributed by atoms with Crippen molar-refractivity contribution in [2.75, 3.05) is 0 Å². The van der Waals surface area contributed by atoms with E-state index in [0.29, 0.717) is 17.6 Å². The maximum absolute atomic E-state index is 5.25. The molecule has 0 aliphatic carbocycles. The van der Waals surface area contributed by atoms with E-state index >= 15 is 0 Å². The van der Waals surface area contributed by atoms with Crippen LogP contribution in [0.5, 0.6) is 0 Å². The van der Waals surface area contributed by atoms with Crippen molar-refractivity contribution in [1.29, 1.82) is 0 Å². The van der Waals surface area contributed by atoms with Crippen molar-refractivity contribution >= 4 is 75.3 Å². The highest BCUT2D eigenvalue weighted by atomic mass is 32.1. The second-order valence-electron chi connectivity index (χ2n) is 12.7. The van der Waals surface area contributed by atoms with E-state index in [1.54, 1.807) is 0 Å². The van der Waals surface area contributed by atoms with Crippen LogP contribution in [0, 0.1) is 0 Å². The summed E-state index contributed by atoms with van der Waals surface area (Å²) in [5, 5.41) is 7.12. The van der Waals surface area contributed by atoms with E-state index in [1.165, 1.54) is 30.9 Å². The van der Waals surface area contributed by atoms with Crippen LogP contribution in [0.2, 0.25) is 0 Å². The van der Waals surface area contributed by atoms with Crippen molar-refractivity contribution in [2.24, 2.45) is 0 Å². The SMILES string of the molecule is c1ccc(-c2nc(-c3ccccc3)nc(-n3c4ncccc4c4c5sc6ccccc6c5c5c6ccccc6n(-c6ccccc6)c5c43)n2)cc1. The van der Waals surface area contributed by atoms with E-state index in [1.807, 2.05) is 84.3 Å². The van der Waals surface area contributed by atoms with Crippen LogP contribution in [0.1, 0.15) is 0 Å². The van der Waals surface area contributed by atoms with Gasteiger partial charge in [0.05, 0.1) is 16.6 Å². The normalized spacial score (nSPS) is 11.9. The molecule has 0 N–H and O–H groups in total. The molecular weight excluding hydrogens is 645 g/mol. The molecule has 0 saturated heterocycles. The van der Waals surface area contributed by atoms with Crippen LogP contribution in [0.25, 0.3) is 98.3 Å². The second kappa shape index (κ2) is 10.9. The Hall–Kier alpha value is -6.70. The average Bonchev–Trinajstić information content (AvgIpc) is 3.87. The standard InChI is InChI=1S/C44H26N6S/c1-4-15-27(16-5-1)41-46-42(28-17-6-2-7-18-28)48-44(47-41)50-39-37(32-23-14-26-45-43(32)50)40-36(31-22-11-13-25-34(31)51-40)35-30-21-10-12-24-33(30)49(38(35)39)29-19-8-3-9-20-29/h1-26H. The minimum atomic E-state index is 0.521. The number of rotatable bonds is 4. The molecule has 0 bridgehead atoms. The summed E-state index contributed by atoms with van der Waals surface area (Å²) in [6.07, 6.45) is 1.86. The molecule has 0 saturated carbocycles. The summed E-state index contributed by atoms with van der Waals surface area (Å²) in [5.41, 5.74) is 6.96. The summed E-state index contributed by atoms with van der Waals surface area (Å²) in [6.45, 7) is 0. The number of pyridine rings is 1. The van der Waals surface area contributed by atoms with E-state index < -0.39 is 0 Å². The first-order valence-corrected chi connectivity index (χ1v) is 17.7. The maximum atomic E-state index is 5.25. The number of fused-ring (bicyclic) bond motifs is 12. The third-order valence-electron chi connectivity index (χ3n) is 9.80. The maximum Gasteiger partial charge on any atom is 0.240 e. The molecule has 0 aliphatic rings. The minimum absolute atomic E-state index is 0.521. The van der Waals surface area contributed by atoms with E-state index in [0.717, 1.165) is 49.8 Å². The molecule has 0 spiro atoms. The zero-order chi connectivity index (χ0) is 33.5. The summed E-state index contributed by atoms with van der Waals surface area (Å²) in [4.78, 5) is 20.6. The third-order valence-corrected chi connectivity index (χ3v) is 11.0. The van der Waals surface area contributed by atoms with Crippen molar-refractivity contribution in [3.63, 3.8) is 0 Å². The number of thiophene rings is 1. The van der Waals surface area contributed by atoms with Crippen LogP contribution in [-0.4, -0.2) is 29.1 Å². The first-order chi connectivity index (χ1) is 25.3. The highest BCUT2D eigenvalue weighted by Crippen LogP contribution is 2.50. The number of benzene rings is 6. The van der Waals surface area contributed by atoms with Crippen molar-refractivity contribution in [1.82, 2.24) is 29.1 Å². The third kappa shape index (κ3) is 4.09. The Labute approximate surface area is 295 Å². The monoisotopic (exact) mass is 670 g/mol. The summed E-state index contributed by atoms with van der Waals surface area (Å²) in [5.74, 6) is 1.73. The molecule has 51 heavy (non-hydrogen) atoms. The summed E-state index contributed by atoms with van der Waals surface area (Å²) in [7, 11) is 0. The van der Waals surface area contributed by atoms with Crippen LogP contribution in [-0.2, 0) is 0 Å². The van der Waals surface area contributed by atoms with Gasteiger partial charge in [0.15, 0.2) is 11.6 Å². The number of para-hydroxylation sites is 2. The molecular formula is C44H26N6S. The second-order valence-corrected chi connectivity index (χ2v) is 13.7. The van der Waals surface area contributed by atoms with Crippen LogP contribution < -0.4 is 0 Å². The van der Waals surface area contributed by atoms with E-state index in [-0.39, 0.29) is 0 Å². The van der Waals surface area contributed by atoms with Gasteiger partial charge < -0.3 is 4.57 Å². The van der Waals surface area contributed by atoms with Gasteiger partial charge in [0, 0.05) is 64.7 Å². The van der Waals surface area contributed by atoms with Crippen LogP contribution in [0.4, 0.5) is 0 Å². The first-order valence-electron chi connectivity index (χ1n) is 16.9. The molecule has 6 nitrogen and oxygen atoms in total. The first kappa shape index (κ1) is 28.2. The van der Waals surface area contributed by atoms with Gasteiger partial charge >= 0.3 is 0 Å². The van der Waals surface area contributed by atoms with Gasteiger partial charge in [-0.3, -0.25) is 4.57 Å². The van der Waals surface area contributed by atoms with Crippen LogP contribution in [0.15, 0.2) is 158 Å². The Morgan fingerprint density at radius 2 is 1.04 bits per heavy atom. The Bertz CT molecular complexity index is 3070. The van der Waals surface area contributed by atoms with Crippen molar-refractivity contribution in [3.05, 3.63) is 158 Å². The molecule has 0 aliphatic heterocycles. The van der Waals surface area contributed by atoms with Crippen molar-refractivity contribution in [2.45, 2.75) is 0 Å². The predicted molar refractivity (Wildman–Crippen MR) is 210 cm³/mol. The smallest absolute Gasteiger partial charge is 0.240 e. The lowest BCUT2D eigenvalue weighted by molar-refractivity contribution is 0.944. The Balaban J connectivity index is 1.42. The highest BCUT2D eigenvalue weighted by molar-refractivity contribution is 7.27. The molecule has 5 heterocycles. The fourth-order valence-electron chi connectivity index (χ4n) is 7.69. The molecule has 0 atom stereocenters. The summed E-state index contributed by atoms with van der Waals surface area (Å²) in [6, 6.07) is 52.6. The molecule has 6 aromatic carbocycles. The minimum Gasteiger partial charge on any atom is -0.307 e. The van der Waals surface area contributed by atoms with Gasteiger partial charge in [-0.2, -0.15) is 9.97 Å². The fourth-order valence-corrected chi connectivity index (χ4v) is 8.96. The Morgan fingerprint density at radius 3 is 1.76 bits per heavy atom. The summed E-state index contributed by atoms with van der Waals surface area (Å²) >= 11 is 1.84. The molecule has 5 aromatic heterocycles. The van der Waals surface area contributed by atoms with Gasteiger partial charge in [-0.1, -0.05) is 115 Å². The predicted octanol–water partition coefficient (Wildman–Crippen LogP) is 11.2. The zero-order valence-electron chi connectivity index (χ0n) is 27.1. The molecule has 238 valence electrons. The Morgan fingerprint density at radius 1 is 0.451 bits per heavy atom. The topological polar surface area (TPSA) is 61.4 Å². The number of nitrogens with zero attached hydrogens (tertiary/aromatic N) is 6. The van der Waals surface area contributed by atoms with E-state index in [9.17, 15) is 0 Å². The zero-order valence-corrected chi connectivity index (χ0v) is 27.9. The van der Waals surface area contributed by atoms with Gasteiger partial charge in [0.25, 0.3) is 0 Å². The van der Waals surface area contributed by atoms with Crippen molar-refractivity contribution < 1.29 is 0 Å². The Kier molecular flexibility index (Phi) is 6.02. The van der Waals surface area contributed by atoms with Gasteiger partial charge in [-0.25, -0.2) is 9.97 Å². The highest BCUT2D eigenvalue weighted by Gasteiger charge is 2.28. The molecule has 0 fully saturated rings. The molecule has 0 unspecified atom stereocenters. The quantitative estimate of drug-likeness (QED) is 0.187. The lowest BCUT2D eigenvalue weighted by atomic mass is 10.0.